The lowest BCUT2D eigenvalue weighted by atomic mass is 10.1. The van der Waals surface area contributed by atoms with Gasteiger partial charge in [-0.05, 0) is 42.5 Å². The number of methoxy groups -OCH3 is 2. The van der Waals surface area contributed by atoms with Crippen LogP contribution in [0, 0.1) is 5.82 Å². The van der Waals surface area contributed by atoms with Crippen LogP contribution in [0.5, 0.6) is 11.5 Å². The molecule has 0 heterocycles. The smallest absolute Gasteiger partial charge is 0.338 e. The number of para-hydroxylation sites is 2. The molecule has 0 aliphatic rings. The average Bonchev–Trinajstić information content (AvgIpc) is 2.79. The van der Waals surface area contributed by atoms with Crippen LogP contribution in [-0.2, 0) is 9.47 Å². The van der Waals surface area contributed by atoms with Gasteiger partial charge in [0.25, 0.3) is 5.91 Å². The van der Waals surface area contributed by atoms with Crippen molar-refractivity contribution in [3.05, 3.63) is 89.2 Å². The molecule has 0 atom stereocenters. The predicted molar refractivity (Wildman–Crippen MR) is 110 cm³/mol. The molecule has 0 saturated heterocycles. The molecule has 31 heavy (non-hydrogen) atoms. The van der Waals surface area contributed by atoms with E-state index in [0.29, 0.717) is 0 Å². The maximum Gasteiger partial charge on any atom is 0.338 e. The Labute approximate surface area is 177 Å². The van der Waals surface area contributed by atoms with E-state index >= 15 is 0 Å². The summed E-state index contributed by atoms with van der Waals surface area (Å²) >= 11 is 0. The molecular formula is C23H18FNO6. The van der Waals surface area contributed by atoms with Gasteiger partial charge < -0.3 is 19.5 Å². The third kappa shape index (κ3) is 4.87. The molecule has 0 fully saturated rings. The minimum absolute atomic E-state index is 0.0165. The van der Waals surface area contributed by atoms with E-state index in [1.807, 2.05) is 0 Å². The number of hydrogen-bond donors (Lipinski definition) is 1. The second kappa shape index (κ2) is 9.53. The van der Waals surface area contributed by atoms with Crippen LogP contribution in [0.1, 0.15) is 31.1 Å². The van der Waals surface area contributed by atoms with Crippen LogP contribution in [0.2, 0.25) is 0 Å². The van der Waals surface area contributed by atoms with Gasteiger partial charge in [-0.25, -0.2) is 14.0 Å². The molecule has 3 rings (SSSR count). The zero-order valence-electron chi connectivity index (χ0n) is 16.7. The summed E-state index contributed by atoms with van der Waals surface area (Å²) in [4.78, 5) is 36.5. The highest BCUT2D eigenvalue weighted by atomic mass is 19.1. The fourth-order valence-electron chi connectivity index (χ4n) is 2.77. The molecule has 3 aromatic carbocycles. The van der Waals surface area contributed by atoms with Crippen LogP contribution in [0.15, 0.2) is 66.7 Å². The van der Waals surface area contributed by atoms with Crippen LogP contribution in [0.3, 0.4) is 0 Å². The third-order valence-corrected chi connectivity index (χ3v) is 4.28. The van der Waals surface area contributed by atoms with E-state index in [9.17, 15) is 18.8 Å². The van der Waals surface area contributed by atoms with E-state index in [-0.39, 0.29) is 33.9 Å². The van der Waals surface area contributed by atoms with Crippen molar-refractivity contribution in [2.75, 3.05) is 19.5 Å². The molecule has 0 aliphatic heterocycles. The van der Waals surface area contributed by atoms with Crippen molar-refractivity contribution >= 4 is 23.5 Å². The molecule has 0 aliphatic carbocycles. The zero-order chi connectivity index (χ0) is 22.4. The van der Waals surface area contributed by atoms with Gasteiger partial charge >= 0.3 is 11.9 Å². The Bertz CT molecular complexity index is 1140. The van der Waals surface area contributed by atoms with E-state index in [1.54, 1.807) is 30.3 Å². The van der Waals surface area contributed by atoms with Crippen LogP contribution < -0.4 is 10.1 Å². The largest absolute Gasteiger partial charge is 0.465 e. The lowest BCUT2D eigenvalue weighted by Gasteiger charge is -2.14. The molecule has 0 aromatic heterocycles. The summed E-state index contributed by atoms with van der Waals surface area (Å²) in [6.07, 6.45) is 0. The van der Waals surface area contributed by atoms with Gasteiger partial charge in [-0.2, -0.15) is 0 Å². The SMILES string of the molecule is COC(=O)c1ccc(Oc2ccccc2NC(=O)c2ccccc2F)cc1C(=O)OC. The Hall–Kier alpha value is -4.20. The number of esters is 2. The van der Waals surface area contributed by atoms with Crippen molar-refractivity contribution in [1.29, 1.82) is 0 Å². The molecule has 0 spiro atoms. The predicted octanol–water partition coefficient (Wildman–Crippen LogP) is 4.44. The molecule has 8 heteroatoms. The second-order valence-corrected chi connectivity index (χ2v) is 6.22. The number of carbonyl (C=O) groups is 3. The second-order valence-electron chi connectivity index (χ2n) is 6.22. The van der Waals surface area contributed by atoms with Gasteiger partial charge in [-0.3, -0.25) is 4.79 Å². The summed E-state index contributed by atoms with van der Waals surface area (Å²) in [5.41, 5.74) is 0.141. The maximum absolute atomic E-state index is 13.9. The van der Waals surface area contributed by atoms with Gasteiger partial charge in [0.15, 0.2) is 5.75 Å². The average molecular weight is 423 g/mol. The van der Waals surface area contributed by atoms with Gasteiger partial charge in [0.05, 0.1) is 36.6 Å². The summed E-state index contributed by atoms with van der Waals surface area (Å²) < 4.78 is 29.1. The number of amides is 1. The quantitative estimate of drug-likeness (QED) is 0.590. The van der Waals surface area contributed by atoms with Crippen molar-refractivity contribution in [2.45, 2.75) is 0 Å². The van der Waals surface area contributed by atoms with Crippen molar-refractivity contribution in [3.63, 3.8) is 0 Å². The standard InChI is InChI=1S/C23H18FNO6/c1-29-22(27)15-12-11-14(13-17(15)23(28)30-2)31-20-10-6-5-9-19(20)25-21(26)16-7-3-4-8-18(16)24/h3-13H,1-2H3,(H,25,26). The highest BCUT2D eigenvalue weighted by molar-refractivity contribution is 6.05. The van der Waals surface area contributed by atoms with Crippen molar-refractivity contribution in [1.82, 2.24) is 0 Å². The number of rotatable bonds is 6. The first kappa shape index (κ1) is 21.5. The Morgan fingerprint density at radius 3 is 2.13 bits per heavy atom. The Morgan fingerprint density at radius 2 is 1.42 bits per heavy atom. The molecule has 0 radical (unpaired) electrons. The summed E-state index contributed by atoms with van der Waals surface area (Å²) in [6.45, 7) is 0. The van der Waals surface area contributed by atoms with Gasteiger partial charge in [-0.15, -0.1) is 0 Å². The highest BCUT2D eigenvalue weighted by Crippen LogP contribution is 2.31. The van der Waals surface area contributed by atoms with Gasteiger partial charge in [0, 0.05) is 0 Å². The molecule has 0 saturated carbocycles. The first-order valence-electron chi connectivity index (χ1n) is 9.08. The Kier molecular flexibility index (Phi) is 6.61. The van der Waals surface area contributed by atoms with Crippen LogP contribution in [0.25, 0.3) is 0 Å². The molecule has 158 valence electrons. The fourth-order valence-corrected chi connectivity index (χ4v) is 2.77. The lowest BCUT2D eigenvalue weighted by molar-refractivity contribution is 0.0555. The number of nitrogens with one attached hydrogen (secondary N) is 1. The van der Waals surface area contributed by atoms with Gasteiger partial charge in [-0.1, -0.05) is 24.3 Å². The van der Waals surface area contributed by atoms with E-state index in [1.165, 1.54) is 50.6 Å². The van der Waals surface area contributed by atoms with Crippen LogP contribution in [-0.4, -0.2) is 32.1 Å². The summed E-state index contributed by atoms with van der Waals surface area (Å²) in [5.74, 6) is -2.30. The van der Waals surface area contributed by atoms with E-state index < -0.39 is 23.7 Å². The first-order chi connectivity index (χ1) is 14.9. The van der Waals surface area contributed by atoms with Crippen molar-refractivity contribution < 1.29 is 33.0 Å². The minimum atomic E-state index is -0.744. The summed E-state index contributed by atoms with van der Waals surface area (Å²) in [6, 6.07) is 16.3. The molecular weight excluding hydrogens is 405 g/mol. The zero-order valence-corrected chi connectivity index (χ0v) is 16.7. The normalized spacial score (nSPS) is 10.2. The molecule has 0 bridgehead atoms. The van der Waals surface area contributed by atoms with Gasteiger partial charge in [0.2, 0.25) is 0 Å². The monoisotopic (exact) mass is 423 g/mol. The Balaban J connectivity index is 1.90. The molecule has 3 aromatic rings. The number of hydrogen-bond acceptors (Lipinski definition) is 6. The first-order valence-corrected chi connectivity index (χ1v) is 9.08. The summed E-state index contributed by atoms with van der Waals surface area (Å²) in [7, 11) is 2.38. The van der Waals surface area contributed by atoms with Crippen molar-refractivity contribution in [3.8, 4) is 11.5 Å². The van der Waals surface area contributed by atoms with E-state index in [2.05, 4.69) is 10.1 Å². The molecule has 1 N–H and O–H groups in total. The number of anilines is 1. The van der Waals surface area contributed by atoms with Crippen molar-refractivity contribution in [2.24, 2.45) is 0 Å². The summed E-state index contributed by atoms with van der Waals surface area (Å²) in [5, 5.41) is 2.61. The number of carbonyl (C=O) groups excluding carboxylic acids is 3. The minimum Gasteiger partial charge on any atom is -0.465 e. The Morgan fingerprint density at radius 1 is 0.774 bits per heavy atom. The maximum atomic E-state index is 13.9. The van der Waals surface area contributed by atoms with Gasteiger partial charge in [0.1, 0.15) is 11.6 Å². The number of halogens is 1. The molecule has 0 unspecified atom stereocenters. The topological polar surface area (TPSA) is 90.9 Å². The fraction of sp³-hybridized carbons (Fsp3) is 0.0870. The van der Waals surface area contributed by atoms with Crippen LogP contribution in [0.4, 0.5) is 10.1 Å². The lowest BCUT2D eigenvalue weighted by Crippen LogP contribution is -2.14. The molecule has 1 amide bonds. The third-order valence-electron chi connectivity index (χ3n) is 4.28. The highest BCUT2D eigenvalue weighted by Gasteiger charge is 2.20. The van der Waals surface area contributed by atoms with E-state index in [4.69, 9.17) is 9.47 Å². The molecule has 7 nitrogen and oxygen atoms in total. The number of ether oxygens (including phenoxy) is 3. The number of benzene rings is 3. The van der Waals surface area contributed by atoms with Crippen LogP contribution >= 0.6 is 0 Å². The van der Waals surface area contributed by atoms with E-state index in [0.717, 1.165) is 0 Å².